The van der Waals surface area contributed by atoms with E-state index in [1.54, 1.807) is 7.05 Å². The molecule has 0 aliphatic carbocycles. The summed E-state index contributed by atoms with van der Waals surface area (Å²) in [4.78, 5) is 8.78. The quantitative estimate of drug-likeness (QED) is 0.439. The third-order valence-electron chi connectivity index (χ3n) is 4.04. The van der Waals surface area contributed by atoms with E-state index in [1.165, 1.54) is 25.7 Å². The van der Waals surface area contributed by atoms with Crippen molar-refractivity contribution >= 4 is 5.96 Å². The van der Waals surface area contributed by atoms with Crippen LogP contribution in [-0.2, 0) is 6.54 Å². The van der Waals surface area contributed by atoms with Crippen LogP contribution < -0.4 is 10.6 Å². The van der Waals surface area contributed by atoms with E-state index in [4.69, 9.17) is 0 Å². The van der Waals surface area contributed by atoms with Crippen LogP contribution in [0.2, 0.25) is 0 Å². The van der Waals surface area contributed by atoms with Gasteiger partial charge in [0.1, 0.15) is 0 Å². The van der Waals surface area contributed by atoms with Gasteiger partial charge in [-0.3, -0.25) is 4.99 Å². The Kier molecular flexibility index (Phi) is 7.44. The Morgan fingerprint density at radius 1 is 1.16 bits per heavy atom. The van der Waals surface area contributed by atoms with Gasteiger partial charge in [0.25, 0.3) is 0 Å². The number of rotatable bonds is 8. The molecule has 0 atom stereocenters. The van der Waals surface area contributed by atoms with Crippen LogP contribution in [0.15, 0.2) is 29.4 Å². The van der Waals surface area contributed by atoms with Crippen molar-refractivity contribution in [3.8, 4) is 5.82 Å². The van der Waals surface area contributed by atoms with Crippen LogP contribution in [0, 0.1) is 13.8 Å². The molecule has 6 heteroatoms. The Balaban J connectivity index is 1.83. The Morgan fingerprint density at radius 3 is 2.60 bits per heavy atom. The Hall–Kier alpha value is -2.37. The van der Waals surface area contributed by atoms with Gasteiger partial charge in [-0.05, 0) is 38.0 Å². The van der Waals surface area contributed by atoms with Gasteiger partial charge < -0.3 is 10.6 Å². The van der Waals surface area contributed by atoms with Gasteiger partial charge in [0.2, 0.25) is 0 Å². The first-order valence-electron chi connectivity index (χ1n) is 9.07. The first-order valence-corrected chi connectivity index (χ1v) is 9.07. The number of aryl methyl sites for hydroxylation is 2. The maximum Gasteiger partial charge on any atom is 0.191 e. The number of aromatic nitrogens is 3. The van der Waals surface area contributed by atoms with Crippen LogP contribution in [0.25, 0.3) is 5.82 Å². The van der Waals surface area contributed by atoms with Crippen molar-refractivity contribution in [1.29, 1.82) is 0 Å². The summed E-state index contributed by atoms with van der Waals surface area (Å²) < 4.78 is 1.86. The van der Waals surface area contributed by atoms with Crippen LogP contribution in [0.1, 0.15) is 49.6 Å². The second kappa shape index (κ2) is 9.81. The number of nitrogens with one attached hydrogen (secondary N) is 2. The molecule has 0 unspecified atom stereocenters. The summed E-state index contributed by atoms with van der Waals surface area (Å²) in [6.45, 7) is 7.89. The fourth-order valence-corrected chi connectivity index (χ4v) is 2.67. The lowest BCUT2D eigenvalue weighted by molar-refractivity contribution is 0.647. The number of unbranched alkanes of at least 4 members (excludes halogenated alkanes) is 3. The van der Waals surface area contributed by atoms with Gasteiger partial charge in [0.05, 0.1) is 5.69 Å². The highest BCUT2D eigenvalue weighted by Gasteiger charge is 2.05. The van der Waals surface area contributed by atoms with Gasteiger partial charge in [-0.2, -0.15) is 5.10 Å². The van der Waals surface area contributed by atoms with Gasteiger partial charge in [0, 0.05) is 32.0 Å². The molecule has 2 aromatic rings. The van der Waals surface area contributed by atoms with E-state index in [0.29, 0.717) is 6.54 Å². The van der Waals surface area contributed by atoms with Crippen molar-refractivity contribution in [2.45, 2.75) is 53.0 Å². The molecule has 0 aliphatic rings. The lowest BCUT2D eigenvalue weighted by atomic mass is 10.2. The number of hydrogen-bond acceptors (Lipinski definition) is 3. The van der Waals surface area contributed by atoms with Crippen molar-refractivity contribution < 1.29 is 0 Å². The molecule has 0 saturated heterocycles. The fraction of sp³-hybridized carbons (Fsp3) is 0.526. The average molecular weight is 342 g/mol. The van der Waals surface area contributed by atoms with Crippen molar-refractivity contribution in [2.24, 2.45) is 4.99 Å². The summed E-state index contributed by atoms with van der Waals surface area (Å²) in [5.41, 5.74) is 3.20. The molecule has 136 valence electrons. The van der Waals surface area contributed by atoms with Crippen molar-refractivity contribution in [1.82, 2.24) is 25.4 Å². The number of guanidine groups is 1. The highest BCUT2D eigenvalue weighted by atomic mass is 15.3. The first kappa shape index (κ1) is 19.0. The molecule has 25 heavy (non-hydrogen) atoms. The summed E-state index contributed by atoms with van der Waals surface area (Å²) in [6.07, 6.45) is 6.87. The SMILES string of the molecule is CCCCCCNC(=NC)NCc1ccc(-n2nc(C)cc2C)nc1. The highest BCUT2D eigenvalue weighted by molar-refractivity contribution is 5.79. The Labute approximate surface area is 150 Å². The third kappa shape index (κ3) is 5.89. The molecule has 0 aliphatic heterocycles. The first-order chi connectivity index (χ1) is 12.1. The van der Waals surface area contributed by atoms with E-state index < -0.39 is 0 Å². The molecule has 0 fully saturated rings. The summed E-state index contributed by atoms with van der Waals surface area (Å²) >= 11 is 0. The second-order valence-corrected chi connectivity index (χ2v) is 6.28. The molecule has 2 aromatic heterocycles. The lowest BCUT2D eigenvalue weighted by Crippen LogP contribution is -2.37. The van der Waals surface area contributed by atoms with E-state index >= 15 is 0 Å². The van der Waals surface area contributed by atoms with Crippen LogP contribution in [-0.4, -0.2) is 34.3 Å². The molecule has 0 aromatic carbocycles. The molecular weight excluding hydrogens is 312 g/mol. The minimum atomic E-state index is 0.693. The topological polar surface area (TPSA) is 67.1 Å². The van der Waals surface area contributed by atoms with Crippen molar-refractivity contribution in [3.63, 3.8) is 0 Å². The maximum atomic E-state index is 4.52. The standard InChI is InChI=1S/C19H30N6/c1-5-6-7-8-11-21-19(20-4)23-14-17-9-10-18(22-13-17)25-16(3)12-15(2)24-25/h9-10,12-13H,5-8,11,14H2,1-4H3,(H2,20,21,23). The van der Waals surface area contributed by atoms with Crippen LogP contribution in [0.5, 0.6) is 0 Å². The van der Waals surface area contributed by atoms with Gasteiger partial charge >= 0.3 is 0 Å². The molecule has 2 heterocycles. The molecule has 6 nitrogen and oxygen atoms in total. The van der Waals surface area contributed by atoms with Crippen molar-refractivity contribution in [3.05, 3.63) is 41.3 Å². The van der Waals surface area contributed by atoms with Crippen LogP contribution >= 0.6 is 0 Å². The summed E-state index contributed by atoms with van der Waals surface area (Å²) in [6, 6.07) is 6.12. The Morgan fingerprint density at radius 2 is 2.00 bits per heavy atom. The van der Waals surface area contributed by atoms with Gasteiger partial charge in [-0.1, -0.05) is 32.3 Å². The number of aliphatic imine (C=N–C) groups is 1. The fourth-order valence-electron chi connectivity index (χ4n) is 2.67. The molecule has 2 rings (SSSR count). The molecule has 0 bridgehead atoms. The zero-order valence-electron chi connectivity index (χ0n) is 15.8. The number of hydrogen-bond donors (Lipinski definition) is 2. The largest absolute Gasteiger partial charge is 0.356 e. The highest BCUT2D eigenvalue weighted by Crippen LogP contribution is 2.10. The molecule has 0 saturated carbocycles. The normalized spacial score (nSPS) is 11.6. The van der Waals surface area contributed by atoms with Gasteiger partial charge in [0.15, 0.2) is 11.8 Å². The smallest absolute Gasteiger partial charge is 0.191 e. The molecule has 0 spiro atoms. The van der Waals surface area contributed by atoms with E-state index in [-0.39, 0.29) is 0 Å². The van der Waals surface area contributed by atoms with Crippen LogP contribution in [0.4, 0.5) is 0 Å². The van der Waals surface area contributed by atoms with Gasteiger partial charge in [-0.15, -0.1) is 0 Å². The molecule has 0 amide bonds. The average Bonchev–Trinajstić information content (AvgIpc) is 2.96. The minimum Gasteiger partial charge on any atom is -0.356 e. The van der Waals surface area contributed by atoms with E-state index in [9.17, 15) is 0 Å². The predicted octanol–water partition coefficient (Wildman–Crippen LogP) is 3.13. The monoisotopic (exact) mass is 342 g/mol. The van der Waals surface area contributed by atoms with Crippen LogP contribution in [0.3, 0.4) is 0 Å². The zero-order valence-corrected chi connectivity index (χ0v) is 15.8. The minimum absolute atomic E-state index is 0.693. The summed E-state index contributed by atoms with van der Waals surface area (Å²) in [7, 11) is 1.80. The maximum absolute atomic E-state index is 4.52. The third-order valence-corrected chi connectivity index (χ3v) is 4.04. The van der Waals surface area contributed by atoms with E-state index in [0.717, 1.165) is 35.3 Å². The lowest BCUT2D eigenvalue weighted by Gasteiger charge is -2.12. The predicted molar refractivity (Wildman–Crippen MR) is 103 cm³/mol. The molecule has 0 radical (unpaired) electrons. The van der Waals surface area contributed by atoms with Crippen molar-refractivity contribution in [2.75, 3.05) is 13.6 Å². The molecular formula is C19H30N6. The zero-order chi connectivity index (χ0) is 18.1. The Bertz CT molecular complexity index is 672. The second-order valence-electron chi connectivity index (χ2n) is 6.28. The number of pyridine rings is 1. The summed E-state index contributed by atoms with van der Waals surface area (Å²) in [5.74, 6) is 1.67. The van der Waals surface area contributed by atoms with E-state index in [1.807, 2.05) is 36.9 Å². The van der Waals surface area contributed by atoms with E-state index in [2.05, 4.69) is 38.7 Å². The van der Waals surface area contributed by atoms with Gasteiger partial charge in [-0.25, -0.2) is 9.67 Å². The summed E-state index contributed by atoms with van der Waals surface area (Å²) in [5, 5.41) is 11.1. The number of nitrogens with zero attached hydrogens (tertiary/aromatic N) is 4. The molecule has 2 N–H and O–H groups in total.